The first-order valence-corrected chi connectivity index (χ1v) is 8.52. The van der Waals surface area contributed by atoms with E-state index in [9.17, 15) is 9.50 Å². The smallest absolute Gasteiger partial charge is 0.165 e. The van der Waals surface area contributed by atoms with Crippen LogP contribution in [0.4, 0.5) is 4.39 Å². The molecule has 126 valence electrons. The van der Waals surface area contributed by atoms with E-state index in [1.54, 1.807) is 29.5 Å². The standard InChI is InChI=1S/C18H19FN2O2S/c1-21(11-18-20-15-7-3-5-9-17(15)24-18)10-13(22)12-23-16-8-4-2-6-14(16)19/h2-9,13,22H,10-12H2,1H3/t13-/m0/s1. The Bertz CT molecular complexity index is 775. The molecule has 3 aromatic rings. The fourth-order valence-electron chi connectivity index (χ4n) is 2.44. The Hall–Kier alpha value is -2.02. The van der Waals surface area contributed by atoms with Gasteiger partial charge in [0.2, 0.25) is 0 Å². The van der Waals surface area contributed by atoms with Crippen LogP contribution >= 0.6 is 11.3 Å². The fraction of sp³-hybridized carbons (Fsp3) is 0.278. The average Bonchev–Trinajstić information content (AvgIpc) is 2.96. The minimum Gasteiger partial charge on any atom is -0.488 e. The monoisotopic (exact) mass is 346 g/mol. The van der Waals surface area contributed by atoms with Crippen molar-refractivity contribution in [2.75, 3.05) is 20.2 Å². The van der Waals surface area contributed by atoms with Gasteiger partial charge >= 0.3 is 0 Å². The molecule has 2 aromatic carbocycles. The summed E-state index contributed by atoms with van der Waals surface area (Å²) < 4.78 is 20.0. The lowest BCUT2D eigenvalue weighted by Gasteiger charge is -2.19. The van der Waals surface area contributed by atoms with Crippen LogP contribution < -0.4 is 4.74 Å². The molecule has 0 saturated heterocycles. The molecule has 4 nitrogen and oxygen atoms in total. The molecule has 0 aliphatic heterocycles. The number of rotatable bonds is 7. The number of hydrogen-bond acceptors (Lipinski definition) is 5. The van der Waals surface area contributed by atoms with Crippen LogP contribution in [0.3, 0.4) is 0 Å². The largest absolute Gasteiger partial charge is 0.488 e. The van der Waals surface area contributed by atoms with Gasteiger partial charge in [-0.2, -0.15) is 0 Å². The van der Waals surface area contributed by atoms with Crippen LogP contribution in [0.2, 0.25) is 0 Å². The Labute approximate surface area is 144 Å². The number of aliphatic hydroxyl groups excluding tert-OH is 1. The van der Waals surface area contributed by atoms with E-state index in [2.05, 4.69) is 4.98 Å². The number of nitrogens with zero attached hydrogens (tertiary/aromatic N) is 2. The number of hydrogen-bond donors (Lipinski definition) is 1. The first-order valence-electron chi connectivity index (χ1n) is 7.70. The summed E-state index contributed by atoms with van der Waals surface area (Å²) in [5.41, 5.74) is 0.995. The van der Waals surface area contributed by atoms with Gasteiger partial charge in [-0.05, 0) is 31.3 Å². The van der Waals surface area contributed by atoms with E-state index < -0.39 is 11.9 Å². The maximum absolute atomic E-state index is 13.5. The average molecular weight is 346 g/mol. The summed E-state index contributed by atoms with van der Waals surface area (Å²) in [6.07, 6.45) is -0.705. The van der Waals surface area contributed by atoms with E-state index in [0.717, 1.165) is 15.2 Å². The number of para-hydroxylation sites is 2. The summed E-state index contributed by atoms with van der Waals surface area (Å²) in [6.45, 7) is 1.12. The van der Waals surface area contributed by atoms with Crippen molar-refractivity contribution in [1.82, 2.24) is 9.88 Å². The molecule has 24 heavy (non-hydrogen) atoms. The highest BCUT2D eigenvalue weighted by Crippen LogP contribution is 2.22. The Morgan fingerprint density at radius 1 is 1.21 bits per heavy atom. The number of ether oxygens (including phenoxy) is 1. The van der Waals surface area contributed by atoms with Crippen molar-refractivity contribution >= 4 is 21.6 Å². The van der Waals surface area contributed by atoms with Gasteiger partial charge < -0.3 is 9.84 Å². The molecule has 0 unspecified atom stereocenters. The van der Waals surface area contributed by atoms with Crippen LogP contribution in [0.25, 0.3) is 10.2 Å². The quantitative estimate of drug-likeness (QED) is 0.713. The Morgan fingerprint density at radius 2 is 1.96 bits per heavy atom. The van der Waals surface area contributed by atoms with Crippen molar-refractivity contribution < 1.29 is 14.2 Å². The maximum Gasteiger partial charge on any atom is 0.165 e. The molecule has 0 saturated carbocycles. The second-order valence-electron chi connectivity index (χ2n) is 5.67. The van der Waals surface area contributed by atoms with Crippen LogP contribution in [-0.4, -0.2) is 41.3 Å². The molecule has 1 heterocycles. The molecule has 3 rings (SSSR count). The molecule has 0 spiro atoms. The number of likely N-dealkylation sites (N-methyl/N-ethyl adjacent to an activating group) is 1. The highest BCUT2D eigenvalue weighted by molar-refractivity contribution is 7.18. The second-order valence-corrected chi connectivity index (χ2v) is 6.78. The van der Waals surface area contributed by atoms with Gasteiger partial charge in [0, 0.05) is 6.54 Å². The molecule has 0 bridgehead atoms. The van der Waals surface area contributed by atoms with Gasteiger partial charge in [-0.15, -0.1) is 11.3 Å². The zero-order chi connectivity index (χ0) is 16.9. The first kappa shape index (κ1) is 16.8. The first-order chi connectivity index (χ1) is 11.6. The zero-order valence-electron chi connectivity index (χ0n) is 13.4. The van der Waals surface area contributed by atoms with Gasteiger partial charge in [0.15, 0.2) is 11.6 Å². The van der Waals surface area contributed by atoms with Crippen LogP contribution in [-0.2, 0) is 6.54 Å². The van der Waals surface area contributed by atoms with Crippen molar-refractivity contribution in [1.29, 1.82) is 0 Å². The summed E-state index contributed by atoms with van der Waals surface area (Å²) in [4.78, 5) is 6.56. The number of aliphatic hydroxyl groups is 1. The molecule has 0 aliphatic carbocycles. The van der Waals surface area contributed by atoms with E-state index in [-0.39, 0.29) is 12.4 Å². The van der Waals surface area contributed by atoms with E-state index in [0.29, 0.717) is 13.1 Å². The van der Waals surface area contributed by atoms with Crippen molar-refractivity contribution in [3.63, 3.8) is 0 Å². The lowest BCUT2D eigenvalue weighted by atomic mass is 10.3. The van der Waals surface area contributed by atoms with Gasteiger partial charge in [0.1, 0.15) is 17.7 Å². The van der Waals surface area contributed by atoms with Crippen LogP contribution in [0.5, 0.6) is 5.75 Å². The Balaban J connectivity index is 1.50. The summed E-state index contributed by atoms with van der Waals surface area (Å²) in [7, 11) is 1.92. The fourth-order valence-corrected chi connectivity index (χ4v) is 3.49. The van der Waals surface area contributed by atoms with Crippen molar-refractivity contribution in [3.8, 4) is 5.75 Å². The molecule has 1 aromatic heterocycles. The third kappa shape index (κ3) is 4.29. The molecule has 1 N–H and O–H groups in total. The van der Waals surface area contributed by atoms with Gasteiger partial charge in [0.05, 0.1) is 16.8 Å². The predicted molar refractivity (Wildman–Crippen MR) is 93.9 cm³/mol. The van der Waals surface area contributed by atoms with E-state index in [1.807, 2.05) is 36.2 Å². The van der Waals surface area contributed by atoms with Crippen LogP contribution in [0.15, 0.2) is 48.5 Å². The lowest BCUT2D eigenvalue weighted by molar-refractivity contribution is 0.0728. The van der Waals surface area contributed by atoms with Crippen molar-refractivity contribution in [2.24, 2.45) is 0 Å². The third-order valence-electron chi connectivity index (χ3n) is 3.53. The SMILES string of the molecule is CN(Cc1nc2ccccc2s1)C[C@H](O)COc1ccccc1F. The number of thiazole rings is 1. The number of halogens is 1. The minimum absolute atomic E-state index is 0.0467. The summed E-state index contributed by atoms with van der Waals surface area (Å²) in [5, 5.41) is 11.1. The predicted octanol–water partition coefficient (Wildman–Crippen LogP) is 3.31. The number of fused-ring (bicyclic) bond motifs is 1. The van der Waals surface area contributed by atoms with E-state index in [4.69, 9.17) is 4.74 Å². The second kappa shape index (κ2) is 7.70. The Kier molecular flexibility index (Phi) is 5.40. The molecule has 1 atom stereocenters. The molecular formula is C18H19FN2O2S. The third-order valence-corrected chi connectivity index (χ3v) is 4.55. The van der Waals surface area contributed by atoms with Crippen LogP contribution in [0, 0.1) is 5.82 Å². The minimum atomic E-state index is -0.705. The maximum atomic E-state index is 13.5. The van der Waals surface area contributed by atoms with Gasteiger partial charge in [-0.1, -0.05) is 24.3 Å². The molecule has 0 radical (unpaired) electrons. The molecule has 0 amide bonds. The van der Waals surface area contributed by atoms with Gasteiger partial charge in [0.25, 0.3) is 0 Å². The highest BCUT2D eigenvalue weighted by Gasteiger charge is 2.13. The van der Waals surface area contributed by atoms with E-state index >= 15 is 0 Å². The zero-order valence-corrected chi connectivity index (χ0v) is 14.2. The van der Waals surface area contributed by atoms with E-state index in [1.165, 1.54) is 6.07 Å². The van der Waals surface area contributed by atoms with Crippen LogP contribution in [0.1, 0.15) is 5.01 Å². The van der Waals surface area contributed by atoms with Gasteiger partial charge in [-0.3, -0.25) is 4.90 Å². The number of aromatic nitrogens is 1. The lowest BCUT2D eigenvalue weighted by Crippen LogP contribution is -2.32. The molecular weight excluding hydrogens is 327 g/mol. The molecule has 6 heteroatoms. The Morgan fingerprint density at radius 3 is 2.75 bits per heavy atom. The molecule has 0 aliphatic rings. The highest BCUT2D eigenvalue weighted by atomic mass is 32.1. The summed E-state index contributed by atoms with van der Waals surface area (Å²) in [6, 6.07) is 14.2. The summed E-state index contributed by atoms with van der Waals surface area (Å²) in [5.74, 6) is -0.266. The van der Waals surface area contributed by atoms with Crippen molar-refractivity contribution in [2.45, 2.75) is 12.6 Å². The van der Waals surface area contributed by atoms with Crippen molar-refractivity contribution in [3.05, 3.63) is 59.4 Å². The van der Waals surface area contributed by atoms with Gasteiger partial charge in [-0.25, -0.2) is 9.37 Å². The molecule has 0 fully saturated rings. The number of benzene rings is 2. The summed E-state index contributed by atoms with van der Waals surface area (Å²) >= 11 is 1.65. The topological polar surface area (TPSA) is 45.6 Å². The normalized spacial score (nSPS) is 12.7.